The van der Waals surface area contributed by atoms with Crippen molar-refractivity contribution in [2.45, 2.75) is 13.1 Å². The largest absolute Gasteiger partial charge is 0.378 e. The second-order valence-electron chi connectivity index (χ2n) is 5.24. The van der Waals surface area contributed by atoms with Crippen LogP contribution in [0.2, 0.25) is 0 Å². The zero-order chi connectivity index (χ0) is 15.9. The molecule has 122 valence electrons. The first-order valence-corrected chi connectivity index (χ1v) is 7.59. The number of rotatable bonds is 5. The molecule has 3 N–H and O–H groups in total. The third-order valence-electron chi connectivity index (χ3n) is 3.60. The Balaban J connectivity index is 1.43. The molecule has 3 heterocycles. The molecule has 3 rings (SSSR count). The summed E-state index contributed by atoms with van der Waals surface area (Å²) in [4.78, 5) is 18.4. The maximum atomic E-state index is 11.7. The standard InChI is InChI=1S/C15H20N6O2/c22-15(18-11-13-3-4-19-20-13)17-10-12-1-2-14(16-9-12)21-5-7-23-8-6-21/h1-4,9H,5-8,10-11H2,(H,19,20)(H2,17,18,22). The van der Waals surface area contributed by atoms with Crippen molar-refractivity contribution >= 4 is 11.8 Å². The highest BCUT2D eigenvalue weighted by Crippen LogP contribution is 2.12. The summed E-state index contributed by atoms with van der Waals surface area (Å²) in [5, 5.41) is 12.2. The zero-order valence-corrected chi connectivity index (χ0v) is 12.8. The molecule has 8 heteroatoms. The molecule has 1 aliphatic heterocycles. The van der Waals surface area contributed by atoms with Crippen LogP contribution in [0.4, 0.5) is 10.6 Å². The van der Waals surface area contributed by atoms with Crippen molar-refractivity contribution < 1.29 is 9.53 Å². The Morgan fingerprint density at radius 3 is 2.74 bits per heavy atom. The number of carbonyl (C=O) groups is 1. The third-order valence-corrected chi connectivity index (χ3v) is 3.60. The van der Waals surface area contributed by atoms with Gasteiger partial charge in [-0.1, -0.05) is 6.07 Å². The van der Waals surface area contributed by atoms with Gasteiger partial charge in [0.15, 0.2) is 0 Å². The Hall–Kier alpha value is -2.61. The summed E-state index contributed by atoms with van der Waals surface area (Å²) in [6.45, 7) is 4.05. The fourth-order valence-electron chi connectivity index (χ4n) is 2.30. The number of urea groups is 1. The number of aromatic nitrogens is 3. The molecule has 2 amide bonds. The topological polar surface area (TPSA) is 95.2 Å². The van der Waals surface area contributed by atoms with E-state index in [1.54, 1.807) is 12.4 Å². The van der Waals surface area contributed by atoms with Crippen LogP contribution in [-0.4, -0.2) is 47.5 Å². The Morgan fingerprint density at radius 1 is 1.22 bits per heavy atom. The van der Waals surface area contributed by atoms with Crippen molar-refractivity contribution in [2.24, 2.45) is 0 Å². The van der Waals surface area contributed by atoms with E-state index in [1.807, 2.05) is 18.2 Å². The second-order valence-corrected chi connectivity index (χ2v) is 5.24. The van der Waals surface area contributed by atoms with Crippen LogP contribution in [-0.2, 0) is 17.8 Å². The van der Waals surface area contributed by atoms with E-state index in [4.69, 9.17) is 4.74 Å². The minimum absolute atomic E-state index is 0.225. The lowest BCUT2D eigenvalue weighted by atomic mass is 10.2. The maximum Gasteiger partial charge on any atom is 0.315 e. The van der Waals surface area contributed by atoms with Crippen molar-refractivity contribution in [3.63, 3.8) is 0 Å². The van der Waals surface area contributed by atoms with Crippen LogP contribution >= 0.6 is 0 Å². The number of H-pyrrole nitrogens is 1. The van der Waals surface area contributed by atoms with Crippen LogP contribution in [0.3, 0.4) is 0 Å². The molecule has 8 nitrogen and oxygen atoms in total. The minimum Gasteiger partial charge on any atom is -0.378 e. The first-order chi connectivity index (χ1) is 11.3. The molecule has 2 aromatic heterocycles. The monoisotopic (exact) mass is 316 g/mol. The van der Waals surface area contributed by atoms with Crippen molar-refractivity contribution in [3.05, 3.63) is 41.9 Å². The number of carbonyl (C=O) groups excluding carboxylic acids is 1. The van der Waals surface area contributed by atoms with Gasteiger partial charge in [-0.3, -0.25) is 5.10 Å². The van der Waals surface area contributed by atoms with Crippen LogP contribution in [0.1, 0.15) is 11.3 Å². The molecule has 23 heavy (non-hydrogen) atoms. The second kappa shape index (κ2) is 7.59. The first kappa shape index (κ1) is 15.3. The van der Waals surface area contributed by atoms with Gasteiger partial charge >= 0.3 is 6.03 Å². The van der Waals surface area contributed by atoms with E-state index in [0.717, 1.165) is 43.4 Å². The number of hydrogen-bond acceptors (Lipinski definition) is 5. The van der Waals surface area contributed by atoms with Gasteiger partial charge in [0.05, 0.1) is 25.5 Å². The van der Waals surface area contributed by atoms with Crippen LogP contribution in [0.25, 0.3) is 0 Å². The van der Waals surface area contributed by atoms with Gasteiger partial charge in [0.25, 0.3) is 0 Å². The highest BCUT2D eigenvalue weighted by atomic mass is 16.5. The molecule has 0 unspecified atom stereocenters. The number of hydrogen-bond donors (Lipinski definition) is 3. The molecule has 1 aliphatic rings. The SMILES string of the molecule is O=C(NCc1ccc(N2CCOCC2)nc1)NCc1ccn[nH]1. The lowest BCUT2D eigenvalue weighted by Crippen LogP contribution is -2.36. The smallest absolute Gasteiger partial charge is 0.315 e. The minimum atomic E-state index is -0.225. The summed E-state index contributed by atoms with van der Waals surface area (Å²) in [5.74, 6) is 0.945. The quantitative estimate of drug-likeness (QED) is 0.752. The molecular formula is C15H20N6O2. The van der Waals surface area contributed by atoms with Crippen molar-refractivity contribution in [1.82, 2.24) is 25.8 Å². The van der Waals surface area contributed by atoms with E-state index >= 15 is 0 Å². The van der Waals surface area contributed by atoms with Gasteiger partial charge in [-0.05, 0) is 17.7 Å². The molecule has 0 atom stereocenters. The Labute approximate surface area is 134 Å². The molecule has 0 radical (unpaired) electrons. The molecular weight excluding hydrogens is 296 g/mol. The number of aromatic amines is 1. The van der Waals surface area contributed by atoms with Crippen LogP contribution in [0.15, 0.2) is 30.6 Å². The molecule has 0 saturated carbocycles. The molecule has 0 spiro atoms. The van der Waals surface area contributed by atoms with Gasteiger partial charge in [0.1, 0.15) is 5.82 Å². The summed E-state index contributed by atoms with van der Waals surface area (Å²) in [6.07, 6.45) is 3.44. The van der Waals surface area contributed by atoms with E-state index in [1.165, 1.54) is 0 Å². The number of amides is 2. The molecule has 2 aromatic rings. The molecule has 0 aliphatic carbocycles. The van der Waals surface area contributed by atoms with E-state index in [0.29, 0.717) is 13.1 Å². The summed E-state index contributed by atoms with van der Waals surface area (Å²) in [5.41, 5.74) is 1.82. The fourth-order valence-corrected chi connectivity index (χ4v) is 2.30. The fraction of sp³-hybridized carbons (Fsp3) is 0.400. The average molecular weight is 316 g/mol. The van der Waals surface area contributed by atoms with Gasteiger partial charge in [0.2, 0.25) is 0 Å². The normalized spacial score (nSPS) is 14.5. The van der Waals surface area contributed by atoms with Crippen molar-refractivity contribution in [1.29, 1.82) is 0 Å². The van der Waals surface area contributed by atoms with Crippen molar-refractivity contribution in [3.8, 4) is 0 Å². The number of pyridine rings is 1. The predicted molar refractivity (Wildman–Crippen MR) is 84.9 cm³/mol. The van der Waals surface area contributed by atoms with Gasteiger partial charge in [-0.2, -0.15) is 5.10 Å². The van der Waals surface area contributed by atoms with Crippen LogP contribution in [0.5, 0.6) is 0 Å². The number of nitrogens with zero attached hydrogens (tertiary/aromatic N) is 3. The van der Waals surface area contributed by atoms with Gasteiger partial charge in [-0.25, -0.2) is 9.78 Å². The van der Waals surface area contributed by atoms with Crippen molar-refractivity contribution in [2.75, 3.05) is 31.2 Å². The van der Waals surface area contributed by atoms with Gasteiger partial charge in [0, 0.05) is 32.0 Å². The lowest BCUT2D eigenvalue weighted by molar-refractivity contribution is 0.122. The number of morpholine rings is 1. The molecule has 0 bridgehead atoms. The van der Waals surface area contributed by atoms with E-state index in [9.17, 15) is 4.79 Å². The Morgan fingerprint density at radius 2 is 2.04 bits per heavy atom. The van der Waals surface area contributed by atoms with E-state index in [2.05, 4.69) is 30.7 Å². The van der Waals surface area contributed by atoms with E-state index in [-0.39, 0.29) is 6.03 Å². The van der Waals surface area contributed by atoms with Gasteiger partial charge < -0.3 is 20.3 Å². The van der Waals surface area contributed by atoms with E-state index < -0.39 is 0 Å². The maximum absolute atomic E-state index is 11.7. The highest BCUT2D eigenvalue weighted by molar-refractivity contribution is 5.73. The predicted octanol–water partition coefficient (Wildman–Crippen LogP) is 0.641. The Bertz CT molecular complexity index is 607. The third kappa shape index (κ3) is 4.43. The molecule has 0 aromatic carbocycles. The summed E-state index contributed by atoms with van der Waals surface area (Å²) in [7, 11) is 0. The molecule has 1 saturated heterocycles. The van der Waals surface area contributed by atoms with Crippen LogP contribution < -0.4 is 15.5 Å². The highest BCUT2D eigenvalue weighted by Gasteiger charge is 2.12. The lowest BCUT2D eigenvalue weighted by Gasteiger charge is -2.27. The summed E-state index contributed by atoms with van der Waals surface area (Å²) < 4.78 is 5.33. The Kier molecular flexibility index (Phi) is 5.05. The number of nitrogens with one attached hydrogen (secondary N) is 3. The molecule has 1 fully saturated rings. The summed E-state index contributed by atoms with van der Waals surface area (Å²) >= 11 is 0. The van der Waals surface area contributed by atoms with Crippen LogP contribution in [0, 0.1) is 0 Å². The van der Waals surface area contributed by atoms with Gasteiger partial charge in [-0.15, -0.1) is 0 Å². The number of ether oxygens (including phenoxy) is 1. The zero-order valence-electron chi connectivity index (χ0n) is 12.8. The number of anilines is 1. The average Bonchev–Trinajstić information content (AvgIpc) is 3.13. The summed E-state index contributed by atoms with van der Waals surface area (Å²) in [6, 6.07) is 5.55. The first-order valence-electron chi connectivity index (χ1n) is 7.59.